The number of aromatic nitrogens is 2. The van der Waals surface area contributed by atoms with Gasteiger partial charge in [0.1, 0.15) is 0 Å². The van der Waals surface area contributed by atoms with Gasteiger partial charge in [0.05, 0.1) is 24.3 Å². The van der Waals surface area contributed by atoms with Gasteiger partial charge in [-0.3, -0.25) is 9.48 Å². The van der Waals surface area contributed by atoms with Gasteiger partial charge in [0.2, 0.25) is 0 Å². The molecule has 0 radical (unpaired) electrons. The smallest absolute Gasteiger partial charge is 0.306 e. The molecule has 0 saturated heterocycles. The van der Waals surface area contributed by atoms with Crippen molar-refractivity contribution in [2.45, 2.75) is 45.3 Å². The molecule has 2 N–H and O–H groups in total. The number of hydrogen-bond donors (Lipinski definition) is 2. The fourth-order valence-corrected chi connectivity index (χ4v) is 2.37. The van der Waals surface area contributed by atoms with Gasteiger partial charge in [-0.05, 0) is 38.7 Å². The molecule has 0 amide bonds. The van der Waals surface area contributed by atoms with Crippen LogP contribution < -0.4 is 0 Å². The molecule has 1 aromatic rings. The van der Waals surface area contributed by atoms with Crippen molar-refractivity contribution in [3.63, 3.8) is 0 Å². The average molecular weight is 264 g/mol. The van der Waals surface area contributed by atoms with E-state index in [-0.39, 0.29) is 5.92 Å². The Morgan fingerprint density at radius 2 is 2.32 bits per heavy atom. The van der Waals surface area contributed by atoms with Crippen LogP contribution in [0.15, 0.2) is 18.5 Å². The van der Waals surface area contributed by atoms with Crippen LogP contribution in [0.1, 0.15) is 38.7 Å². The SMILES string of the molecule is CC(C)(O)Cn1cc(C2=CCC[C@@H](C(=O)O)C2)cn1. The summed E-state index contributed by atoms with van der Waals surface area (Å²) in [4.78, 5) is 11.0. The molecule has 0 fully saturated rings. The zero-order valence-electron chi connectivity index (χ0n) is 11.3. The molecule has 0 aliphatic heterocycles. The number of carboxylic acids is 1. The molecule has 0 spiro atoms. The molecule has 1 aromatic heterocycles. The molecule has 2 rings (SSSR count). The van der Waals surface area contributed by atoms with E-state index in [0.717, 1.165) is 17.6 Å². The van der Waals surface area contributed by atoms with Crippen molar-refractivity contribution in [3.8, 4) is 0 Å². The van der Waals surface area contributed by atoms with Gasteiger partial charge < -0.3 is 10.2 Å². The summed E-state index contributed by atoms with van der Waals surface area (Å²) in [6, 6.07) is 0. The zero-order chi connectivity index (χ0) is 14.0. The lowest BCUT2D eigenvalue weighted by Gasteiger charge is -2.18. The Morgan fingerprint density at radius 1 is 1.58 bits per heavy atom. The minimum Gasteiger partial charge on any atom is -0.481 e. The standard InChI is InChI=1S/C14H20N2O3/c1-14(2,19)9-16-8-12(7-15-16)10-4-3-5-11(6-10)13(17)18/h4,7-8,11,19H,3,5-6,9H2,1-2H3,(H,17,18)/t11-/m1/s1. The predicted molar refractivity (Wildman–Crippen MR) is 71.5 cm³/mol. The highest BCUT2D eigenvalue weighted by atomic mass is 16.4. The summed E-state index contributed by atoms with van der Waals surface area (Å²) in [7, 11) is 0. The summed E-state index contributed by atoms with van der Waals surface area (Å²) >= 11 is 0. The van der Waals surface area contributed by atoms with E-state index in [1.165, 1.54) is 0 Å². The van der Waals surface area contributed by atoms with E-state index < -0.39 is 11.6 Å². The third-order valence-electron chi connectivity index (χ3n) is 3.27. The van der Waals surface area contributed by atoms with Crippen LogP contribution in [0.25, 0.3) is 5.57 Å². The minimum absolute atomic E-state index is 0.294. The quantitative estimate of drug-likeness (QED) is 0.871. The lowest BCUT2D eigenvalue weighted by molar-refractivity contribution is -0.141. The Bertz CT molecular complexity index is 497. The normalized spacial score (nSPS) is 20.2. The fraction of sp³-hybridized carbons (Fsp3) is 0.571. The second kappa shape index (κ2) is 5.17. The van der Waals surface area contributed by atoms with Crippen molar-refractivity contribution in [1.29, 1.82) is 0 Å². The summed E-state index contributed by atoms with van der Waals surface area (Å²) in [5.74, 6) is -1.02. The molecule has 1 aliphatic carbocycles. The summed E-state index contributed by atoms with van der Waals surface area (Å²) < 4.78 is 1.69. The Kier molecular flexibility index (Phi) is 3.75. The van der Waals surface area contributed by atoms with E-state index in [0.29, 0.717) is 19.4 Å². The molecule has 0 saturated carbocycles. The molecule has 5 nitrogen and oxygen atoms in total. The Labute approximate surface area is 112 Å². The Hall–Kier alpha value is -1.62. The topological polar surface area (TPSA) is 75.4 Å². The van der Waals surface area contributed by atoms with Crippen LogP contribution >= 0.6 is 0 Å². The van der Waals surface area contributed by atoms with Crippen molar-refractivity contribution in [3.05, 3.63) is 24.0 Å². The molecule has 104 valence electrons. The van der Waals surface area contributed by atoms with Crippen molar-refractivity contribution < 1.29 is 15.0 Å². The van der Waals surface area contributed by atoms with Crippen molar-refractivity contribution in [2.75, 3.05) is 0 Å². The molecule has 0 unspecified atom stereocenters. The summed E-state index contributed by atoms with van der Waals surface area (Å²) in [5.41, 5.74) is 1.18. The van der Waals surface area contributed by atoms with Gasteiger partial charge in [0.15, 0.2) is 0 Å². The molecule has 0 aromatic carbocycles. The Balaban J connectivity index is 2.10. The lowest BCUT2D eigenvalue weighted by Crippen LogP contribution is -2.26. The maximum Gasteiger partial charge on any atom is 0.306 e. The molecular weight excluding hydrogens is 244 g/mol. The van der Waals surface area contributed by atoms with Crippen LogP contribution in [0, 0.1) is 5.92 Å². The van der Waals surface area contributed by atoms with Crippen LogP contribution in [0.2, 0.25) is 0 Å². The zero-order valence-corrected chi connectivity index (χ0v) is 11.3. The largest absolute Gasteiger partial charge is 0.481 e. The van der Waals surface area contributed by atoms with Gasteiger partial charge in [-0.1, -0.05) is 6.08 Å². The van der Waals surface area contributed by atoms with Crippen molar-refractivity contribution >= 4 is 11.5 Å². The third-order valence-corrected chi connectivity index (χ3v) is 3.27. The number of aliphatic hydroxyl groups is 1. The van der Waals surface area contributed by atoms with Gasteiger partial charge in [-0.2, -0.15) is 5.10 Å². The highest BCUT2D eigenvalue weighted by Gasteiger charge is 2.23. The average Bonchev–Trinajstić information content (AvgIpc) is 2.75. The number of aliphatic carboxylic acids is 1. The third kappa shape index (κ3) is 3.67. The fourth-order valence-electron chi connectivity index (χ4n) is 2.37. The van der Waals surface area contributed by atoms with Crippen LogP contribution in [-0.2, 0) is 11.3 Å². The molecule has 0 bridgehead atoms. The first-order chi connectivity index (χ1) is 8.85. The maximum absolute atomic E-state index is 11.0. The molecule has 19 heavy (non-hydrogen) atoms. The van der Waals surface area contributed by atoms with E-state index in [1.54, 1.807) is 24.7 Å². The van der Waals surface area contributed by atoms with E-state index in [1.807, 2.05) is 6.20 Å². The highest BCUT2D eigenvalue weighted by Crippen LogP contribution is 2.30. The van der Waals surface area contributed by atoms with Crippen LogP contribution in [0.3, 0.4) is 0 Å². The number of allylic oxidation sites excluding steroid dienone is 2. The maximum atomic E-state index is 11.0. The van der Waals surface area contributed by atoms with E-state index in [9.17, 15) is 9.90 Å². The first-order valence-electron chi connectivity index (χ1n) is 6.52. The van der Waals surface area contributed by atoms with Gasteiger partial charge in [0.25, 0.3) is 0 Å². The van der Waals surface area contributed by atoms with Crippen molar-refractivity contribution in [1.82, 2.24) is 9.78 Å². The first kappa shape index (κ1) is 13.8. The van der Waals surface area contributed by atoms with Crippen LogP contribution in [0.4, 0.5) is 0 Å². The van der Waals surface area contributed by atoms with Gasteiger partial charge in [-0.15, -0.1) is 0 Å². The van der Waals surface area contributed by atoms with Crippen LogP contribution in [-0.4, -0.2) is 31.6 Å². The molecule has 1 aliphatic rings. The molecule has 5 heteroatoms. The molecular formula is C14H20N2O3. The Morgan fingerprint density at radius 3 is 2.95 bits per heavy atom. The molecule has 1 heterocycles. The van der Waals surface area contributed by atoms with Crippen molar-refractivity contribution in [2.24, 2.45) is 5.92 Å². The second-order valence-electron chi connectivity index (χ2n) is 5.79. The minimum atomic E-state index is -0.812. The first-order valence-corrected chi connectivity index (χ1v) is 6.52. The summed E-state index contributed by atoms with van der Waals surface area (Å²) in [5, 5.41) is 23.0. The number of hydrogen-bond acceptors (Lipinski definition) is 3. The lowest BCUT2D eigenvalue weighted by atomic mass is 9.86. The van der Waals surface area contributed by atoms with Gasteiger partial charge in [0, 0.05) is 11.8 Å². The molecule has 1 atom stereocenters. The van der Waals surface area contributed by atoms with Gasteiger partial charge in [-0.25, -0.2) is 0 Å². The van der Waals surface area contributed by atoms with E-state index in [2.05, 4.69) is 11.2 Å². The van der Waals surface area contributed by atoms with Crippen LogP contribution in [0.5, 0.6) is 0 Å². The monoisotopic (exact) mass is 264 g/mol. The number of carbonyl (C=O) groups is 1. The van der Waals surface area contributed by atoms with E-state index >= 15 is 0 Å². The summed E-state index contributed by atoms with van der Waals surface area (Å²) in [6.07, 6.45) is 7.75. The predicted octanol–water partition coefficient (Wildman–Crippen LogP) is 1.92. The highest BCUT2D eigenvalue weighted by molar-refractivity contribution is 5.76. The number of nitrogens with zero attached hydrogens (tertiary/aromatic N) is 2. The number of carboxylic acid groups (broad SMARTS) is 1. The number of rotatable bonds is 4. The second-order valence-corrected chi connectivity index (χ2v) is 5.79. The summed E-state index contributed by atoms with van der Waals surface area (Å²) in [6.45, 7) is 3.88. The van der Waals surface area contributed by atoms with E-state index in [4.69, 9.17) is 5.11 Å². The van der Waals surface area contributed by atoms with Gasteiger partial charge >= 0.3 is 5.97 Å².